The predicted molar refractivity (Wildman–Crippen MR) is 99.0 cm³/mol. The standard InChI is InChI=1S/C14H31P.CH5N3.ClH/c1-2-3-4-5-6-7-8-9-10-11-12-13-14-15;2-1(3)4;/h2-15H2,1H3;(H5,2,3,4);1H. The van der Waals surface area contributed by atoms with E-state index in [4.69, 9.17) is 5.41 Å². The van der Waals surface area contributed by atoms with Crippen LogP contribution in [0, 0.1) is 5.41 Å². The molecule has 0 radical (unpaired) electrons. The summed E-state index contributed by atoms with van der Waals surface area (Å²) in [4.78, 5) is 0. The van der Waals surface area contributed by atoms with Crippen molar-refractivity contribution in [3.05, 3.63) is 0 Å². The van der Waals surface area contributed by atoms with Crippen molar-refractivity contribution in [1.29, 1.82) is 5.41 Å². The summed E-state index contributed by atoms with van der Waals surface area (Å²) in [6.07, 6.45) is 18.7. The lowest BCUT2D eigenvalue weighted by molar-refractivity contribution is 0.548. The van der Waals surface area contributed by atoms with Crippen molar-refractivity contribution in [1.82, 2.24) is 0 Å². The minimum absolute atomic E-state index is 0. The van der Waals surface area contributed by atoms with Crippen molar-refractivity contribution in [2.24, 2.45) is 11.5 Å². The van der Waals surface area contributed by atoms with Gasteiger partial charge in [0, 0.05) is 0 Å². The topological polar surface area (TPSA) is 75.9 Å². The molecule has 0 aromatic rings. The molecule has 0 bridgehead atoms. The van der Waals surface area contributed by atoms with E-state index in [0.717, 1.165) is 0 Å². The Hall–Kier alpha value is -0.0100. The van der Waals surface area contributed by atoms with Gasteiger partial charge in [-0.15, -0.1) is 21.6 Å². The average Bonchev–Trinajstić information content (AvgIpc) is 2.35. The summed E-state index contributed by atoms with van der Waals surface area (Å²) < 4.78 is 0. The highest BCUT2D eigenvalue weighted by atomic mass is 35.5. The van der Waals surface area contributed by atoms with Gasteiger partial charge in [0.2, 0.25) is 0 Å². The number of unbranched alkanes of at least 4 members (excludes halogenated alkanes) is 11. The molecule has 0 aromatic heterocycles. The first-order valence-corrected chi connectivity index (χ1v) is 8.76. The Morgan fingerprint density at radius 2 is 1.00 bits per heavy atom. The van der Waals surface area contributed by atoms with Gasteiger partial charge in [-0.3, -0.25) is 5.41 Å². The second kappa shape index (κ2) is 24.0. The number of halogens is 1. The van der Waals surface area contributed by atoms with Gasteiger partial charge in [0.05, 0.1) is 0 Å². The monoisotopic (exact) mass is 325 g/mol. The quantitative estimate of drug-likeness (QED) is 0.208. The molecule has 0 fully saturated rings. The molecular formula is C15H37ClN3P. The van der Waals surface area contributed by atoms with Crippen LogP contribution in [0.4, 0.5) is 0 Å². The first kappa shape index (κ1) is 25.0. The molecule has 0 saturated heterocycles. The van der Waals surface area contributed by atoms with Crippen molar-refractivity contribution in [2.75, 3.05) is 6.16 Å². The number of guanidine groups is 1. The summed E-state index contributed by atoms with van der Waals surface area (Å²) >= 11 is 0. The minimum atomic E-state index is -0.333. The number of hydrogen-bond acceptors (Lipinski definition) is 1. The molecule has 1 atom stereocenters. The van der Waals surface area contributed by atoms with Crippen LogP contribution in [0.2, 0.25) is 0 Å². The molecule has 0 saturated carbocycles. The SMILES string of the molecule is CCCCCCCCCCCCCCP.Cl.N=C(N)N. The van der Waals surface area contributed by atoms with Gasteiger partial charge >= 0.3 is 0 Å². The molecule has 20 heavy (non-hydrogen) atoms. The Bertz CT molecular complexity index is 165. The Morgan fingerprint density at radius 1 is 0.750 bits per heavy atom. The molecule has 0 rings (SSSR count). The average molecular weight is 326 g/mol. The number of nitrogens with two attached hydrogens (primary N) is 2. The van der Waals surface area contributed by atoms with E-state index in [2.05, 4.69) is 27.6 Å². The van der Waals surface area contributed by atoms with Gasteiger partial charge in [-0.1, -0.05) is 77.6 Å². The highest BCUT2D eigenvalue weighted by molar-refractivity contribution is 7.16. The molecule has 0 aliphatic rings. The third-order valence-electron chi connectivity index (χ3n) is 3.06. The third kappa shape index (κ3) is 36.1. The van der Waals surface area contributed by atoms with Crippen molar-refractivity contribution in [3.8, 4) is 0 Å². The van der Waals surface area contributed by atoms with E-state index in [1.807, 2.05) is 0 Å². The molecule has 0 amide bonds. The summed E-state index contributed by atoms with van der Waals surface area (Å²) in [7, 11) is 2.81. The van der Waals surface area contributed by atoms with E-state index in [0.29, 0.717) is 0 Å². The fourth-order valence-corrected chi connectivity index (χ4v) is 2.27. The van der Waals surface area contributed by atoms with E-state index in [1.54, 1.807) is 0 Å². The number of nitrogens with one attached hydrogen (secondary N) is 1. The highest BCUT2D eigenvalue weighted by Gasteiger charge is 1.92. The van der Waals surface area contributed by atoms with Crippen LogP contribution < -0.4 is 11.5 Å². The summed E-state index contributed by atoms with van der Waals surface area (Å²) in [6, 6.07) is 0. The Morgan fingerprint density at radius 3 is 1.25 bits per heavy atom. The zero-order valence-corrected chi connectivity index (χ0v) is 15.3. The Balaban J connectivity index is -0.000000508. The van der Waals surface area contributed by atoms with Crippen LogP contribution in [0.25, 0.3) is 0 Å². The molecule has 0 spiro atoms. The molecular weight excluding hydrogens is 289 g/mol. The van der Waals surface area contributed by atoms with Gasteiger partial charge < -0.3 is 11.5 Å². The van der Waals surface area contributed by atoms with Gasteiger partial charge in [0.25, 0.3) is 0 Å². The maximum absolute atomic E-state index is 6.06. The molecule has 5 heteroatoms. The summed E-state index contributed by atoms with van der Waals surface area (Å²) in [6.45, 7) is 2.29. The van der Waals surface area contributed by atoms with Gasteiger partial charge in [-0.2, -0.15) is 0 Å². The Kier molecular flexibility index (Phi) is 30.0. The maximum atomic E-state index is 6.06. The van der Waals surface area contributed by atoms with Gasteiger partial charge in [0.15, 0.2) is 5.96 Å². The second-order valence-corrected chi connectivity index (χ2v) is 5.71. The van der Waals surface area contributed by atoms with E-state index in [1.165, 1.54) is 83.2 Å². The van der Waals surface area contributed by atoms with Gasteiger partial charge in [0.1, 0.15) is 0 Å². The molecule has 0 aromatic carbocycles. The lowest BCUT2D eigenvalue weighted by Crippen LogP contribution is -2.20. The normalized spacial score (nSPS) is 9.30. The van der Waals surface area contributed by atoms with Crippen LogP contribution >= 0.6 is 21.6 Å². The van der Waals surface area contributed by atoms with Crippen LogP contribution in [0.3, 0.4) is 0 Å². The summed E-state index contributed by atoms with van der Waals surface area (Å²) in [5.74, 6) is -0.333. The lowest BCUT2D eigenvalue weighted by Gasteiger charge is -2.01. The predicted octanol–water partition coefficient (Wildman–Crippen LogP) is 4.82. The van der Waals surface area contributed by atoms with Crippen molar-refractivity contribution in [2.45, 2.75) is 84.0 Å². The molecule has 0 heterocycles. The fourth-order valence-electron chi connectivity index (χ4n) is 1.99. The smallest absolute Gasteiger partial charge is 0.183 e. The lowest BCUT2D eigenvalue weighted by atomic mass is 10.1. The minimum Gasteiger partial charge on any atom is -0.370 e. The second-order valence-electron chi connectivity index (χ2n) is 5.13. The molecule has 3 nitrogen and oxygen atoms in total. The zero-order valence-electron chi connectivity index (χ0n) is 13.3. The van der Waals surface area contributed by atoms with Crippen molar-refractivity contribution >= 4 is 27.6 Å². The van der Waals surface area contributed by atoms with E-state index in [9.17, 15) is 0 Å². The first-order valence-electron chi connectivity index (χ1n) is 7.94. The Labute approximate surface area is 135 Å². The van der Waals surface area contributed by atoms with Crippen LogP contribution in [-0.2, 0) is 0 Å². The molecule has 124 valence electrons. The molecule has 1 unspecified atom stereocenters. The summed E-state index contributed by atoms with van der Waals surface area (Å²) in [5, 5.41) is 6.06. The van der Waals surface area contributed by atoms with Crippen LogP contribution in [0.5, 0.6) is 0 Å². The highest BCUT2D eigenvalue weighted by Crippen LogP contribution is 2.11. The zero-order chi connectivity index (χ0) is 14.8. The van der Waals surface area contributed by atoms with Gasteiger partial charge in [-0.05, 0) is 12.6 Å². The van der Waals surface area contributed by atoms with Crippen LogP contribution in [-0.4, -0.2) is 12.1 Å². The number of rotatable bonds is 12. The summed E-state index contributed by atoms with van der Waals surface area (Å²) in [5.41, 5.74) is 8.94. The van der Waals surface area contributed by atoms with Crippen LogP contribution in [0.15, 0.2) is 0 Å². The van der Waals surface area contributed by atoms with E-state index in [-0.39, 0.29) is 18.4 Å². The van der Waals surface area contributed by atoms with Gasteiger partial charge in [-0.25, -0.2) is 0 Å². The molecule has 5 N–H and O–H groups in total. The molecule has 0 aliphatic carbocycles. The van der Waals surface area contributed by atoms with Crippen molar-refractivity contribution in [3.63, 3.8) is 0 Å². The van der Waals surface area contributed by atoms with E-state index >= 15 is 0 Å². The fraction of sp³-hybridized carbons (Fsp3) is 0.933. The van der Waals surface area contributed by atoms with E-state index < -0.39 is 0 Å². The maximum Gasteiger partial charge on any atom is 0.183 e. The largest absolute Gasteiger partial charge is 0.370 e. The molecule has 0 aliphatic heterocycles. The first-order chi connectivity index (χ1) is 9.15. The number of hydrogen-bond donors (Lipinski definition) is 3. The third-order valence-corrected chi connectivity index (χ3v) is 3.47. The van der Waals surface area contributed by atoms with Crippen LogP contribution in [0.1, 0.15) is 84.0 Å². The van der Waals surface area contributed by atoms with Crippen molar-refractivity contribution < 1.29 is 0 Å².